The topological polar surface area (TPSA) is 88.4 Å². The Balaban J connectivity index is 2.14. The van der Waals surface area contributed by atoms with Crippen LogP contribution >= 0.6 is 0 Å². The molecular weight excluding hydrogens is 304 g/mol. The van der Waals surface area contributed by atoms with E-state index in [0.29, 0.717) is 17.1 Å². The Kier molecular flexibility index (Phi) is 4.39. The first-order chi connectivity index (χ1) is 10.2. The SMILES string of the molecule is Cc1cc(C(=O)NNS(=O)(=O)c2ccc(C)c(C)c2)c(C)o1. The maximum atomic E-state index is 12.2. The standard InChI is InChI=1S/C15H18N2O4S/c1-9-5-6-13(7-10(9)2)22(19,20)17-16-15(18)14-8-11(3)21-12(14)4/h5-8,17H,1-4H3,(H,16,18). The van der Waals surface area contributed by atoms with Gasteiger partial charge in [0.15, 0.2) is 0 Å². The number of hydrazine groups is 1. The van der Waals surface area contributed by atoms with Crippen molar-refractivity contribution in [3.63, 3.8) is 0 Å². The van der Waals surface area contributed by atoms with Crippen molar-refractivity contribution in [3.05, 3.63) is 52.5 Å². The van der Waals surface area contributed by atoms with Crippen molar-refractivity contribution >= 4 is 15.9 Å². The summed E-state index contributed by atoms with van der Waals surface area (Å²) in [6, 6.07) is 6.31. The number of carbonyl (C=O) groups is 1. The number of nitrogens with one attached hydrogen (secondary N) is 2. The second kappa shape index (κ2) is 5.94. The van der Waals surface area contributed by atoms with Crippen LogP contribution in [0, 0.1) is 27.7 Å². The summed E-state index contributed by atoms with van der Waals surface area (Å²) in [5.41, 5.74) is 4.33. The highest BCUT2D eigenvalue weighted by Gasteiger charge is 2.18. The minimum absolute atomic E-state index is 0.0935. The molecule has 0 spiro atoms. The van der Waals surface area contributed by atoms with Crippen molar-refractivity contribution in [2.45, 2.75) is 32.6 Å². The van der Waals surface area contributed by atoms with Gasteiger partial charge >= 0.3 is 0 Å². The third kappa shape index (κ3) is 3.37. The highest BCUT2D eigenvalue weighted by Crippen LogP contribution is 2.15. The van der Waals surface area contributed by atoms with Crippen LogP contribution in [0.4, 0.5) is 0 Å². The predicted molar refractivity (Wildman–Crippen MR) is 81.9 cm³/mol. The minimum atomic E-state index is -3.82. The van der Waals surface area contributed by atoms with Crippen LogP contribution in [0.15, 0.2) is 33.6 Å². The van der Waals surface area contributed by atoms with E-state index in [9.17, 15) is 13.2 Å². The number of hydrogen-bond donors (Lipinski definition) is 2. The molecule has 0 unspecified atom stereocenters. The lowest BCUT2D eigenvalue weighted by Crippen LogP contribution is -2.41. The van der Waals surface area contributed by atoms with Gasteiger partial charge in [0.05, 0.1) is 10.5 Å². The Bertz CT molecular complexity index is 822. The largest absolute Gasteiger partial charge is 0.466 e. The Hall–Kier alpha value is -2.12. The third-order valence-electron chi connectivity index (χ3n) is 3.37. The van der Waals surface area contributed by atoms with E-state index in [1.54, 1.807) is 32.0 Å². The van der Waals surface area contributed by atoms with Crippen molar-refractivity contribution in [1.29, 1.82) is 0 Å². The number of furan rings is 1. The van der Waals surface area contributed by atoms with Gasteiger partial charge in [0.25, 0.3) is 15.9 Å². The van der Waals surface area contributed by atoms with Crippen LogP contribution in [-0.2, 0) is 10.0 Å². The van der Waals surface area contributed by atoms with Crippen molar-refractivity contribution in [3.8, 4) is 0 Å². The molecule has 7 heteroatoms. The highest BCUT2D eigenvalue weighted by molar-refractivity contribution is 7.89. The van der Waals surface area contributed by atoms with Crippen LogP contribution in [0.2, 0.25) is 0 Å². The first kappa shape index (κ1) is 16.3. The molecule has 0 atom stereocenters. The molecule has 0 bridgehead atoms. The van der Waals surface area contributed by atoms with E-state index in [2.05, 4.69) is 10.3 Å². The molecule has 2 aromatic rings. The van der Waals surface area contributed by atoms with Gasteiger partial charge in [0.1, 0.15) is 11.5 Å². The van der Waals surface area contributed by atoms with Gasteiger partial charge in [-0.25, -0.2) is 8.42 Å². The van der Waals surface area contributed by atoms with Crippen molar-refractivity contribution in [2.75, 3.05) is 0 Å². The summed E-state index contributed by atoms with van der Waals surface area (Å²) in [5.74, 6) is 0.446. The monoisotopic (exact) mass is 322 g/mol. The summed E-state index contributed by atoms with van der Waals surface area (Å²) in [5, 5.41) is 0. The van der Waals surface area contributed by atoms with Crippen LogP contribution in [-0.4, -0.2) is 14.3 Å². The Morgan fingerprint density at radius 2 is 1.73 bits per heavy atom. The van der Waals surface area contributed by atoms with Crippen LogP contribution in [0.1, 0.15) is 33.0 Å². The molecule has 1 aromatic heterocycles. The summed E-state index contributed by atoms with van der Waals surface area (Å²) in [6.45, 7) is 7.07. The molecule has 0 aliphatic heterocycles. The van der Waals surface area contributed by atoms with E-state index >= 15 is 0 Å². The lowest BCUT2D eigenvalue weighted by atomic mass is 10.1. The average Bonchev–Trinajstić information content (AvgIpc) is 2.78. The maximum Gasteiger partial charge on any atom is 0.269 e. The zero-order chi connectivity index (χ0) is 16.5. The zero-order valence-electron chi connectivity index (χ0n) is 12.9. The lowest BCUT2D eigenvalue weighted by molar-refractivity contribution is 0.0943. The quantitative estimate of drug-likeness (QED) is 0.844. The Morgan fingerprint density at radius 3 is 2.27 bits per heavy atom. The molecule has 1 heterocycles. The number of sulfonamides is 1. The first-order valence-electron chi connectivity index (χ1n) is 6.67. The third-order valence-corrected chi connectivity index (χ3v) is 4.62. The van der Waals surface area contributed by atoms with Crippen LogP contribution in [0.5, 0.6) is 0 Å². The summed E-state index contributed by atoms with van der Waals surface area (Å²) in [6.07, 6.45) is 0. The normalized spacial score (nSPS) is 11.5. The Labute approximate surface area is 129 Å². The Morgan fingerprint density at radius 1 is 1.05 bits per heavy atom. The lowest BCUT2D eigenvalue weighted by Gasteiger charge is -2.09. The molecule has 22 heavy (non-hydrogen) atoms. The minimum Gasteiger partial charge on any atom is -0.466 e. The molecule has 0 saturated heterocycles. The number of benzene rings is 1. The van der Waals surface area contributed by atoms with E-state index in [0.717, 1.165) is 11.1 Å². The van der Waals surface area contributed by atoms with Crippen molar-refractivity contribution in [2.24, 2.45) is 0 Å². The van der Waals surface area contributed by atoms with Gasteiger partial charge < -0.3 is 4.42 Å². The van der Waals surface area contributed by atoms with Gasteiger partial charge in [0, 0.05) is 0 Å². The second-order valence-electron chi connectivity index (χ2n) is 5.13. The number of aryl methyl sites for hydroxylation is 4. The van der Waals surface area contributed by atoms with E-state index in [4.69, 9.17) is 4.42 Å². The fourth-order valence-corrected chi connectivity index (χ4v) is 2.90. The van der Waals surface area contributed by atoms with Crippen LogP contribution < -0.4 is 10.3 Å². The fourth-order valence-electron chi connectivity index (χ4n) is 1.98. The summed E-state index contributed by atoms with van der Waals surface area (Å²) >= 11 is 0. The maximum absolute atomic E-state index is 12.2. The molecule has 1 aromatic carbocycles. The van der Waals surface area contributed by atoms with E-state index < -0.39 is 15.9 Å². The highest BCUT2D eigenvalue weighted by atomic mass is 32.2. The molecule has 118 valence electrons. The average molecular weight is 322 g/mol. The molecule has 6 nitrogen and oxygen atoms in total. The fraction of sp³-hybridized carbons (Fsp3) is 0.267. The predicted octanol–water partition coefficient (Wildman–Crippen LogP) is 2.14. The molecule has 2 N–H and O–H groups in total. The molecular formula is C15H18N2O4S. The van der Waals surface area contributed by atoms with Gasteiger partial charge in [-0.3, -0.25) is 10.2 Å². The number of carbonyl (C=O) groups excluding carboxylic acids is 1. The van der Waals surface area contributed by atoms with E-state index in [-0.39, 0.29) is 4.90 Å². The smallest absolute Gasteiger partial charge is 0.269 e. The number of hydrogen-bond acceptors (Lipinski definition) is 4. The van der Waals surface area contributed by atoms with Gasteiger partial charge in [-0.05, 0) is 57.0 Å². The van der Waals surface area contributed by atoms with Crippen molar-refractivity contribution < 1.29 is 17.6 Å². The zero-order valence-corrected chi connectivity index (χ0v) is 13.7. The number of rotatable bonds is 4. The van der Waals surface area contributed by atoms with Gasteiger partial charge in [-0.15, -0.1) is 4.83 Å². The first-order valence-corrected chi connectivity index (χ1v) is 8.15. The molecule has 0 saturated carbocycles. The van der Waals surface area contributed by atoms with E-state index in [1.807, 2.05) is 13.8 Å². The molecule has 2 rings (SSSR count). The van der Waals surface area contributed by atoms with Gasteiger partial charge in [-0.2, -0.15) is 0 Å². The number of amides is 1. The van der Waals surface area contributed by atoms with Gasteiger partial charge in [0.2, 0.25) is 0 Å². The summed E-state index contributed by atoms with van der Waals surface area (Å²) < 4.78 is 29.6. The van der Waals surface area contributed by atoms with Gasteiger partial charge in [-0.1, -0.05) is 6.07 Å². The van der Waals surface area contributed by atoms with Crippen LogP contribution in [0.3, 0.4) is 0 Å². The van der Waals surface area contributed by atoms with E-state index in [1.165, 1.54) is 6.07 Å². The molecule has 0 aliphatic rings. The second-order valence-corrected chi connectivity index (χ2v) is 6.82. The molecule has 0 aliphatic carbocycles. The molecule has 0 fully saturated rings. The van der Waals surface area contributed by atoms with Crippen molar-refractivity contribution in [1.82, 2.24) is 10.3 Å². The molecule has 0 radical (unpaired) electrons. The summed E-state index contributed by atoms with van der Waals surface area (Å²) in [7, 11) is -3.82. The summed E-state index contributed by atoms with van der Waals surface area (Å²) in [4.78, 5) is 14.2. The molecule has 1 amide bonds. The van der Waals surface area contributed by atoms with Crippen LogP contribution in [0.25, 0.3) is 0 Å².